The number of carbonyl (C=O) groups excluding carboxylic acids is 1. The van der Waals surface area contributed by atoms with Crippen LogP contribution in [0.25, 0.3) is 0 Å². The van der Waals surface area contributed by atoms with E-state index in [1.807, 2.05) is 0 Å². The zero-order chi connectivity index (χ0) is 12.1. The second-order valence-electron chi connectivity index (χ2n) is 2.71. The lowest BCUT2D eigenvalue weighted by molar-refractivity contribution is -0.140. The zero-order valence-electron chi connectivity index (χ0n) is 8.47. The Bertz CT molecular complexity index is 335. The van der Waals surface area contributed by atoms with E-state index in [-0.39, 0.29) is 6.61 Å². The minimum Gasteiger partial charge on any atom is -0.480 e. The Morgan fingerprint density at radius 2 is 1.93 bits per heavy atom. The lowest BCUT2D eigenvalue weighted by Gasteiger charge is -2.13. The number of hydrogen-bond acceptors (Lipinski definition) is 5. The van der Waals surface area contributed by atoms with Crippen molar-refractivity contribution in [1.29, 1.82) is 0 Å². The monoisotopic (exact) mass is 239 g/mol. The fourth-order valence-corrected chi connectivity index (χ4v) is 1.66. The summed E-state index contributed by atoms with van der Waals surface area (Å²) in [6.45, 7) is 0.949. The van der Waals surface area contributed by atoms with Gasteiger partial charge in [0.15, 0.2) is 5.75 Å². The average Bonchev–Trinajstić information content (AvgIpc) is 2.01. The van der Waals surface area contributed by atoms with Crippen molar-refractivity contribution in [2.75, 3.05) is 26.0 Å². The number of rotatable bonds is 6. The summed E-state index contributed by atoms with van der Waals surface area (Å²) in [4.78, 5) is 21.1. The highest BCUT2D eigenvalue weighted by atomic mass is 32.2. The molecule has 0 amide bonds. The van der Waals surface area contributed by atoms with Gasteiger partial charge in [-0.3, -0.25) is 9.59 Å². The van der Waals surface area contributed by atoms with Gasteiger partial charge in [-0.15, -0.1) is 0 Å². The molecule has 7 nitrogen and oxygen atoms in total. The third-order valence-electron chi connectivity index (χ3n) is 1.44. The molecule has 0 radical (unpaired) electrons. The van der Waals surface area contributed by atoms with Crippen molar-refractivity contribution in [3.8, 4) is 0 Å². The summed E-state index contributed by atoms with van der Waals surface area (Å²) in [7, 11) is -2.81. The summed E-state index contributed by atoms with van der Waals surface area (Å²) >= 11 is 0. The van der Waals surface area contributed by atoms with Crippen LogP contribution in [0.5, 0.6) is 0 Å². The Labute approximate surface area is 87.7 Å². The smallest absolute Gasteiger partial charge is 0.322 e. The Kier molecular flexibility index (Phi) is 5.23. The Balaban J connectivity index is 4.41. The molecule has 0 aromatic carbocycles. The van der Waals surface area contributed by atoms with Crippen molar-refractivity contribution in [2.45, 2.75) is 6.92 Å². The maximum atomic E-state index is 11.3. The number of carboxylic acids is 1. The summed E-state index contributed by atoms with van der Waals surface area (Å²) < 4.78 is 27.7. The summed E-state index contributed by atoms with van der Waals surface area (Å²) in [6.07, 6.45) is 0. The number of carboxylic acid groups (broad SMARTS) is 1. The molecular weight excluding hydrogens is 226 g/mol. The predicted octanol–water partition coefficient (Wildman–Crippen LogP) is -1.10. The van der Waals surface area contributed by atoms with Crippen molar-refractivity contribution in [2.24, 2.45) is 0 Å². The molecule has 0 fully saturated rings. The van der Waals surface area contributed by atoms with E-state index >= 15 is 0 Å². The summed E-state index contributed by atoms with van der Waals surface area (Å²) in [5.74, 6) is -3.02. The number of likely N-dealkylation sites (N-methyl/N-ethyl adjacent to an activating group) is 1. The molecule has 88 valence electrons. The quantitative estimate of drug-likeness (QED) is 0.590. The maximum Gasteiger partial charge on any atom is 0.322 e. The number of hydrogen-bond donors (Lipinski definition) is 1. The Hall–Kier alpha value is -1.15. The van der Waals surface area contributed by atoms with Crippen LogP contribution in [0, 0.1) is 0 Å². The van der Waals surface area contributed by atoms with E-state index in [9.17, 15) is 18.0 Å². The lowest BCUT2D eigenvalue weighted by Crippen LogP contribution is -2.36. The van der Waals surface area contributed by atoms with E-state index in [0.29, 0.717) is 4.31 Å². The third-order valence-corrected chi connectivity index (χ3v) is 3.12. The molecule has 0 saturated heterocycles. The Morgan fingerprint density at radius 3 is 2.33 bits per heavy atom. The number of ether oxygens (including phenoxy) is 1. The van der Waals surface area contributed by atoms with Crippen molar-refractivity contribution < 1.29 is 27.9 Å². The number of carbonyl (C=O) groups is 2. The number of nitrogens with zero attached hydrogens (tertiary/aromatic N) is 1. The molecule has 0 unspecified atom stereocenters. The molecule has 1 N–H and O–H groups in total. The normalized spacial score (nSPS) is 11.4. The van der Waals surface area contributed by atoms with Gasteiger partial charge in [-0.25, -0.2) is 8.42 Å². The van der Waals surface area contributed by atoms with E-state index < -0.39 is 34.3 Å². The van der Waals surface area contributed by atoms with E-state index in [0.717, 1.165) is 7.05 Å². The van der Waals surface area contributed by atoms with E-state index in [1.165, 1.54) is 0 Å². The number of esters is 1. The minimum absolute atomic E-state index is 0.0804. The second kappa shape index (κ2) is 5.66. The summed E-state index contributed by atoms with van der Waals surface area (Å²) in [5, 5.41) is 8.36. The average molecular weight is 239 g/mol. The van der Waals surface area contributed by atoms with Gasteiger partial charge in [0.1, 0.15) is 6.54 Å². The first kappa shape index (κ1) is 13.8. The van der Waals surface area contributed by atoms with Gasteiger partial charge in [0, 0.05) is 7.05 Å². The van der Waals surface area contributed by atoms with Crippen LogP contribution in [0.4, 0.5) is 0 Å². The van der Waals surface area contributed by atoms with Crippen LogP contribution >= 0.6 is 0 Å². The molecule has 0 aliphatic carbocycles. The predicted molar refractivity (Wildman–Crippen MR) is 50.7 cm³/mol. The van der Waals surface area contributed by atoms with E-state index in [2.05, 4.69) is 4.74 Å². The van der Waals surface area contributed by atoms with Crippen LogP contribution in [-0.4, -0.2) is 55.7 Å². The molecule has 15 heavy (non-hydrogen) atoms. The molecule has 0 aliphatic rings. The highest BCUT2D eigenvalue weighted by Gasteiger charge is 2.24. The summed E-state index contributed by atoms with van der Waals surface area (Å²) in [6, 6.07) is 0. The van der Waals surface area contributed by atoms with Crippen LogP contribution in [0.15, 0.2) is 0 Å². The van der Waals surface area contributed by atoms with Gasteiger partial charge in [-0.2, -0.15) is 4.31 Å². The van der Waals surface area contributed by atoms with Crippen LogP contribution < -0.4 is 0 Å². The fraction of sp³-hybridized carbons (Fsp3) is 0.714. The van der Waals surface area contributed by atoms with Crippen LogP contribution in [0.2, 0.25) is 0 Å². The standard InChI is InChI=1S/C7H13NO6S/c1-3-14-7(11)5-15(12,13)8(2)4-6(9)10/h3-5H2,1-2H3,(H,9,10). The van der Waals surface area contributed by atoms with Crippen LogP contribution in [0.1, 0.15) is 6.92 Å². The van der Waals surface area contributed by atoms with Gasteiger partial charge in [-0.05, 0) is 6.92 Å². The largest absolute Gasteiger partial charge is 0.480 e. The number of aliphatic carboxylic acids is 1. The Morgan fingerprint density at radius 1 is 1.40 bits per heavy atom. The van der Waals surface area contributed by atoms with Crippen molar-refractivity contribution >= 4 is 22.0 Å². The molecular formula is C7H13NO6S. The molecule has 0 aromatic heterocycles. The number of sulfonamides is 1. The van der Waals surface area contributed by atoms with Crippen LogP contribution in [-0.2, 0) is 24.3 Å². The summed E-state index contributed by atoms with van der Waals surface area (Å²) in [5.41, 5.74) is 0. The van der Waals surface area contributed by atoms with Gasteiger partial charge in [-0.1, -0.05) is 0 Å². The molecule has 0 atom stereocenters. The topological polar surface area (TPSA) is 101 Å². The lowest BCUT2D eigenvalue weighted by atomic mass is 10.7. The maximum absolute atomic E-state index is 11.3. The minimum atomic E-state index is -3.90. The van der Waals surface area contributed by atoms with E-state index in [1.54, 1.807) is 6.92 Å². The van der Waals surface area contributed by atoms with Crippen LogP contribution in [0.3, 0.4) is 0 Å². The molecule has 0 bridgehead atoms. The van der Waals surface area contributed by atoms with Crippen molar-refractivity contribution in [3.05, 3.63) is 0 Å². The van der Waals surface area contributed by atoms with Crippen molar-refractivity contribution in [3.63, 3.8) is 0 Å². The van der Waals surface area contributed by atoms with Gasteiger partial charge in [0.2, 0.25) is 10.0 Å². The molecule has 0 spiro atoms. The van der Waals surface area contributed by atoms with Gasteiger partial charge in [0.25, 0.3) is 0 Å². The first-order valence-corrected chi connectivity index (χ1v) is 5.72. The SMILES string of the molecule is CCOC(=O)CS(=O)(=O)N(C)CC(=O)O. The zero-order valence-corrected chi connectivity index (χ0v) is 9.28. The fourth-order valence-electron chi connectivity index (χ4n) is 0.751. The first-order valence-electron chi connectivity index (χ1n) is 4.11. The molecule has 0 saturated carbocycles. The first-order chi connectivity index (χ1) is 6.79. The van der Waals surface area contributed by atoms with Gasteiger partial charge >= 0.3 is 11.9 Å². The highest BCUT2D eigenvalue weighted by molar-refractivity contribution is 7.89. The molecule has 0 heterocycles. The highest BCUT2D eigenvalue weighted by Crippen LogP contribution is 1.98. The van der Waals surface area contributed by atoms with Gasteiger partial charge < -0.3 is 9.84 Å². The second-order valence-corrected chi connectivity index (χ2v) is 4.79. The van der Waals surface area contributed by atoms with Gasteiger partial charge in [0.05, 0.1) is 6.61 Å². The molecule has 8 heteroatoms. The van der Waals surface area contributed by atoms with E-state index in [4.69, 9.17) is 5.11 Å². The third kappa shape index (κ3) is 5.33. The van der Waals surface area contributed by atoms with Crippen molar-refractivity contribution in [1.82, 2.24) is 4.31 Å². The molecule has 0 aromatic rings. The molecule has 0 aliphatic heterocycles. The molecule has 0 rings (SSSR count).